The lowest BCUT2D eigenvalue weighted by Gasteiger charge is -2.06. The lowest BCUT2D eigenvalue weighted by Crippen LogP contribution is -2.01. The van der Waals surface area contributed by atoms with E-state index in [1.54, 1.807) is 12.7 Å². The second-order valence-electron chi connectivity index (χ2n) is 3.12. The largest absolute Gasteiger partial charge is 0.249 e. The molecule has 0 unspecified atom stereocenters. The molecule has 0 fully saturated rings. The van der Waals surface area contributed by atoms with Crippen molar-refractivity contribution in [3.8, 4) is 0 Å². The maximum Gasteiger partial charge on any atom is 0.137 e. The monoisotopic (exact) mass is 251 g/mol. The van der Waals surface area contributed by atoms with E-state index in [-0.39, 0.29) is 0 Å². The van der Waals surface area contributed by atoms with Crippen LogP contribution < -0.4 is 0 Å². The predicted octanol–water partition coefficient (Wildman–Crippen LogP) is 2.40. The van der Waals surface area contributed by atoms with Gasteiger partial charge in [-0.15, -0.1) is 0 Å². The molecule has 72 valence electrons. The van der Waals surface area contributed by atoms with Crippen LogP contribution in [0, 0.1) is 6.92 Å². The van der Waals surface area contributed by atoms with Gasteiger partial charge in [0, 0.05) is 4.47 Å². The molecular weight excluding hydrogens is 242 g/mol. The first-order valence-electron chi connectivity index (χ1n) is 4.34. The Bertz CT molecular complexity index is 423. The number of halogens is 1. The highest BCUT2D eigenvalue weighted by atomic mass is 79.9. The molecule has 0 radical (unpaired) electrons. The van der Waals surface area contributed by atoms with Crippen LogP contribution in [-0.2, 0) is 6.54 Å². The standard InChI is InChI=1S/C10H10BrN3/c1-8-9(3-2-4-10(8)11)5-14-7-12-6-13-14/h2-4,6-7H,5H2,1H3. The van der Waals surface area contributed by atoms with Crippen molar-refractivity contribution in [2.45, 2.75) is 13.5 Å². The smallest absolute Gasteiger partial charge is 0.137 e. The summed E-state index contributed by atoms with van der Waals surface area (Å²) in [6.45, 7) is 2.86. The van der Waals surface area contributed by atoms with Crippen molar-refractivity contribution in [2.24, 2.45) is 0 Å². The number of hydrogen-bond donors (Lipinski definition) is 0. The zero-order valence-corrected chi connectivity index (χ0v) is 9.40. The van der Waals surface area contributed by atoms with Crippen LogP contribution >= 0.6 is 15.9 Å². The number of rotatable bonds is 2. The highest BCUT2D eigenvalue weighted by Crippen LogP contribution is 2.19. The first kappa shape index (κ1) is 9.40. The predicted molar refractivity (Wildman–Crippen MR) is 58.0 cm³/mol. The van der Waals surface area contributed by atoms with Crippen molar-refractivity contribution in [3.63, 3.8) is 0 Å². The average molecular weight is 252 g/mol. The van der Waals surface area contributed by atoms with Crippen molar-refractivity contribution >= 4 is 15.9 Å². The number of hydrogen-bond acceptors (Lipinski definition) is 2. The van der Waals surface area contributed by atoms with Crippen LogP contribution in [0.2, 0.25) is 0 Å². The zero-order valence-electron chi connectivity index (χ0n) is 7.81. The van der Waals surface area contributed by atoms with Crippen LogP contribution in [0.3, 0.4) is 0 Å². The highest BCUT2D eigenvalue weighted by molar-refractivity contribution is 9.10. The topological polar surface area (TPSA) is 30.7 Å². The van der Waals surface area contributed by atoms with Crippen LogP contribution in [0.1, 0.15) is 11.1 Å². The van der Waals surface area contributed by atoms with Crippen LogP contribution in [0.5, 0.6) is 0 Å². The van der Waals surface area contributed by atoms with Gasteiger partial charge in [-0.2, -0.15) is 5.10 Å². The molecule has 0 saturated heterocycles. The summed E-state index contributed by atoms with van der Waals surface area (Å²) in [7, 11) is 0. The Morgan fingerprint density at radius 3 is 3.00 bits per heavy atom. The first-order chi connectivity index (χ1) is 6.77. The lowest BCUT2D eigenvalue weighted by molar-refractivity contribution is 0.681. The van der Waals surface area contributed by atoms with Crippen LogP contribution in [0.25, 0.3) is 0 Å². The summed E-state index contributed by atoms with van der Waals surface area (Å²) in [5.74, 6) is 0. The Morgan fingerprint density at radius 2 is 2.29 bits per heavy atom. The number of benzene rings is 1. The van der Waals surface area contributed by atoms with E-state index >= 15 is 0 Å². The minimum absolute atomic E-state index is 0.769. The van der Waals surface area contributed by atoms with Crippen molar-refractivity contribution in [1.82, 2.24) is 14.8 Å². The molecule has 14 heavy (non-hydrogen) atoms. The third-order valence-corrected chi connectivity index (χ3v) is 3.04. The van der Waals surface area contributed by atoms with Gasteiger partial charge in [0.25, 0.3) is 0 Å². The molecule has 0 aliphatic heterocycles. The molecule has 1 aromatic heterocycles. The quantitative estimate of drug-likeness (QED) is 0.821. The molecule has 2 aromatic rings. The molecule has 4 heteroatoms. The molecule has 1 heterocycles. The molecule has 0 atom stereocenters. The van der Waals surface area contributed by atoms with E-state index in [2.05, 4.69) is 39.0 Å². The molecule has 0 bridgehead atoms. The van der Waals surface area contributed by atoms with E-state index in [4.69, 9.17) is 0 Å². The van der Waals surface area contributed by atoms with Crippen molar-refractivity contribution in [1.29, 1.82) is 0 Å². The van der Waals surface area contributed by atoms with E-state index in [0.29, 0.717) is 0 Å². The fourth-order valence-corrected chi connectivity index (χ4v) is 1.72. The minimum atomic E-state index is 0.769. The van der Waals surface area contributed by atoms with Gasteiger partial charge in [-0.05, 0) is 24.1 Å². The summed E-state index contributed by atoms with van der Waals surface area (Å²) in [6.07, 6.45) is 3.27. The summed E-state index contributed by atoms with van der Waals surface area (Å²) in [4.78, 5) is 3.91. The van der Waals surface area contributed by atoms with E-state index in [1.165, 1.54) is 11.1 Å². The Kier molecular flexibility index (Phi) is 2.63. The van der Waals surface area contributed by atoms with Gasteiger partial charge in [-0.1, -0.05) is 28.1 Å². The Balaban J connectivity index is 2.29. The van der Waals surface area contributed by atoms with E-state index in [0.717, 1.165) is 11.0 Å². The third-order valence-electron chi connectivity index (χ3n) is 2.18. The Hall–Kier alpha value is -1.16. The SMILES string of the molecule is Cc1c(Br)cccc1Cn1cncn1. The molecule has 2 rings (SSSR count). The fraction of sp³-hybridized carbons (Fsp3) is 0.200. The van der Waals surface area contributed by atoms with E-state index < -0.39 is 0 Å². The van der Waals surface area contributed by atoms with Crippen LogP contribution in [0.15, 0.2) is 35.3 Å². The summed E-state index contributed by atoms with van der Waals surface area (Å²) in [5.41, 5.74) is 2.51. The lowest BCUT2D eigenvalue weighted by atomic mass is 10.1. The normalized spacial score (nSPS) is 10.4. The third kappa shape index (κ3) is 1.85. The molecule has 0 amide bonds. The van der Waals surface area contributed by atoms with Gasteiger partial charge in [0.1, 0.15) is 12.7 Å². The molecule has 1 aromatic carbocycles. The van der Waals surface area contributed by atoms with E-state index in [1.807, 2.05) is 16.8 Å². The van der Waals surface area contributed by atoms with E-state index in [9.17, 15) is 0 Å². The fourth-order valence-electron chi connectivity index (χ4n) is 1.31. The van der Waals surface area contributed by atoms with Crippen molar-refractivity contribution in [2.75, 3.05) is 0 Å². The number of nitrogens with zero attached hydrogens (tertiary/aromatic N) is 3. The van der Waals surface area contributed by atoms with Crippen molar-refractivity contribution < 1.29 is 0 Å². The molecule has 0 spiro atoms. The summed E-state index contributed by atoms with van der Waals surface area (Å²) < 4.78 is 2.95. The molecular formula is C10H10BrN3. The number of aromatic nitrogens is 3. The Labute approximate surface area is 90.9 Å². The first-order valence-corrected chi connectivity index (χ1v) is 5.13. The molecule has 0 saturated carbocycles. The van der Waals surface area contributed by atoms with Gasteiger partial charge in [0.2, 0.25) is 0 Å². The maximum absolute atomic E-state index is 4.07. The molecule has 0 N–H and O–H groups in total. The van der Waals surface area contributed by atoms with Crippen LogP contribution in [-0.4, -0.2) is 14.8 Å². The van der Waals surface area contributed by atoms with Gasteiger partial charge in [0.05, 0.1) is 6.54 Å². The van der Waals surface area contributed by atoms with Gasteiger partial charge < -0.3 is 0 Å². The van der Waals surface area contributed by atoms with Gasteiger partial charge in [-0.3, -0.25) is 0 Å². The van der Waals surface area contributed by atoms with Gasteiger partial charge in [0.15, 0.2) is 0 Å². The van der Waals surface area contributed by atoms with Gasteiger partial charge >= 0.3 is 0 Å². The Morgan fingerprint density at radius 1 is 1.43 bits per heavy atom. The van der Waals surface area contributed by atoms with Crippen molar-refractivity contribution in [3.05, 3.63) is 46.5 Å². The van der Waals surface area contributed by atoms with Gasteiger partial charge in [-0.25, -0.2) is 9.67 Å². The maximum atomic E-state index is 4.07. The molecule has 3 nitrogen and oxygen atoms in total. The second-order valence-corrected chi connectivity index (χ2v) is 3.97. The minimum Gasteiger partial charge on any atom is -0.249 e. The average Bonchev–Trinajstić information content (AvgIpc) is 2.66. The molecule has 0 aliphatic carbocycles. The van der Waals surface area contributed by atoms with Crippen LogP contribution in [0.4, 0.5) is 0 Å². The summed E-state index contributed by atoms with van der Waals surface area (Å²) in [6, 6.07) is 6.17. The molecule has 0 aliphatic rings. The summed E-state index contributed by atoms with van der Waals surface area (Å²) in [5, 5.41) is 4.07. The second kappa shape index (κ2) is 3.92. The summed E-state index contributed by atoms with van der Waals surface area (Å²) >= 11 is 3.50. The highest BCUT2D eigenvalue weighted by Gasteiger charge is 2.02. The zero-order chi connectivity index (χ0) is 9.97.